The first-order valence-corrected chi connectivity index (χ1v) is 9.42. The smallest absolute Gasteiger partial charge is 0.209 e. The molecule has 0 aliphatic rings. The molecule has 0 spiro atoms. The maximum atomic E-state index is 10.2. The summed E-state index contributed by atoms with van der Waals surface area (Å²) < 4.78 is 0. The van der Waals surface area contributed by atoms with E-state index in [1.165, 1.54) is 22.7 Å². The topological polar surface area (TPSA) is 45.5 Å². The number of aromatic hydroxyl groups is 1. The van der Waals surface area contributed by atoms with Crippen LogP contribution in [0.25, 0.3) is 21.7 Å². The van der Waals surface area contributed by atoms with Gasteiger partial charge in [0.25, 0.3) is 0 Å². The van der Waals surface area contributed by atoms with Crippen LogP contribution in [0.3, 0.4) is 0 Å². The molecule has 2 aromatic heterocycles. The predicted molar refractivity (Wildman–Crippen MR) is 106 cm³/mol. The van der Waals surface area contributed by atoms with Crippen molar-refractivity contribution in [1.82, 2.24) is 4.98 Å². The van der Waals surface area contributed by atoms with Crippen LogP contribution in [0.5, 0.6) is 5.06 Å². The van der Waals surface area contributed by atoms with E-state index in [0.29, 0.717) is 10.7 Å². The highest BCUT2D eigenvalue weighted by Crippen LogP contribution is 2.35. The van der Waals surface area contributed by atoms with Gasteiger partial charge in [0.15, 0.2) is 5.06 Å². The van der Waals surface area contributed by atoms with Crippen molar-refractivity contribution >= 4 is 34.0 Å². The molecule has 5 heteroatoms. The maximum absolute atomic E-state index is 10.2. The fourth-order valence-electron chi connectivity index (χ4n) is 2.42. The molecule has 4 aromatic rings. The highest BCUT2D eigenvalue weighted by Gasteiger charge is 2.08. The minimum atomic E-state index is 0.266. The minimum Gasteiger partial charge on any atom is -0.499 e. The number of aromatic nitrogens is 1. The summed E-state index contributed by atoms with van der Waals surface area (Å²) in [6.07, 6.45) is 1.67. The molecule has 122 valence electrons. The average molecular weight is 362 g/mol. The molecule has 0 aliphatic carbocycles. The first kappa shape index (κ1) is 15.7. The number of rotatable bonds is 4. The number of aliphatic imine (C=N–C) groups is 1. The van der Waals surface area contributed by atoms with Gasteiger partial charge < -0.3 is 5.11 Å². The van der Waals surface area contributed by atoms with E-state index in [-0.39, 0.29) is 5.06 Å². The molecule has 2 heterocycles. The SMILES string of the molecule is Oc1sc(-c2ccccc2)cc1C=Nc1nc(-c2ccccc2)cs1. The van der Waals surface area contributed by atoms with E-state index in [2.05, 4.69) is 9.98 Å². The van der Waals surface area contributed by atoms with Gasteiger partial charge in [0.2, 0.25) is 5.13 Å². The zero-order chi connectivity index (χ0) is 17.1. The lowest BCUT2D eigenvalue weighted by Crippen LogP contribution is -1.77. The fourth-order valence-corrected chi connectivity index (χ4v) is 3.97. The molecular weight excluding hydrogens is 348 g/mol. The van der Waals surface area contributed by atoms with Crippen LogP contribution in [-0.4, -0.2) is 16.3 Å². The molecule has 4 rings (SSSR count). The quantitative estimate of drug-likeness (QED) is 0.453. The van der Waals surface area contributed by atoms with E-state index >= 15 is 0 Å². The highest BCUT2D eigenvalue weighted by atomic mass is 32.1. The van der Waals surface area contributed by atoms with Crippen LogP contribution in [0, 0.1) is 0 Å². The summed E-state index contributed by atoms with van der Waals surface area (Å²) in [7, 11) is 0. The van der Waals surface area contributed by atoms with Gasteiger partial charge in [0.05, 0.1) is 5.69 Å². The zero-order valence-electron chi connectivity index (χ0n) is 13.2. The van der Waals surface area contributed by atoms with Crippen molar-refractivity contribution in [2.45, 2.75) is 0 Å². The molecular formula is C20H14N2OS2. The molecule has 0 radical (unpaired) electrons. The number of thiophene rings is 1. The fraction of sp³-hybridized carbons (Fsp3) is 0. The van der Waals surface area contributed by atoms with E-state index < -0.39 is 0 Å². The number of benzene rings is 2. The van der Waals surface area contributed by atoms with Crippen molar-refractivity contribution in [3.8, 4) is 26.8 Å². The van der Waals surface area contributed by atoms with Gasteiger partial charge in [-0.25, -0.2) is 9.98 Å². The Morgan fingerprint density at radius 2 is 1.60 bits per heavy atom. The van der Waals surface area contributed by atoms with Gasteiger partial charge in [-0.2, -0.15) is 0 Å². The Balaban J connectivity index is 1.57. The summed E-state index contributed by atoms with van der Waals surface area (Å²) >= 11 is 2.84. The largest absolute Gasteiger partial charge is 0.499 e. The first-order valence-electron chi connectivity index (χ1n) is 7.73. The van der Waals surface area contributed by atoms with Gasteiger partial charge in [-0.3, -0.25) is 0 Å². The lowest BCUT2D eigenvalue weighted by molar-refractivity contribution is 0.490. The molecule has 3 nitrogen and oxygen atoms in total. The van der Waals surface area contributed by atoms with Crippen LogP contribution >= 0.6 is 22.7 Å². The predicted octanol–water partition coefficient (Wildman–Crippen LogP) is 5.99. The summed E-state index contributed by atoms with van der Waals surface area (Å²) in [6.45, 7) is 0. The monoisotopic (exact) mass is 362 g/mol. The summed E-state index contributed by atoms with van der Waals surface area (Å²) in [5.74, 6) is 0. The summed E-state index contributed by atoms with van der Waals surface area (Å²) in [5, 5.41) is 13.1. The van der Waals surface area contributed by atoms with E-state index in [1.807, 2.05) is 72.1 Å². The molecule has 0 saturated heterocycles. The Bertz CT molecular complexity index is 1000. The van der Waals surface area contributed by atoms with Crippen molar-refractivity contribution in [3.05, 3.63) is 77.7 Å². The molecule has 0 atom stereocenters. The number of thiazole rings is 1. The number of nitrogens with zero attached hydrogens (tertiary/aromatic N) is 2. The Hall–Kier alpha value is -2.76. The molecule has 2 aromatic carbocycles. The highest BCUT2D eigenvalue weighted by molar-refractivity contribution is 7.17. The van der Waals surface area contributed by atoms with Crippen LogP contribution in [0.1, 0.15) is 5.56 Å². The third kappa shape index (κ3) is 3.52. The average Bonchev–Trinajstić information content (AvgIpc) is 3.28. The van der Waals surface area contributed by atoms with Crippen molar-refractivity contribution in [3.63, 3.8) is 0 Å². The van der Waals surface area contributed by atoms with Gasteiger partial charge in [-0.15, -0.1) is 11.3 Å². The van der Waals surface area contributed by atoms with Gasteiger partial charge in [-0.1, -0.05) is 72.0 Å². The molecule has 0 saturated carbocycles. The van der Waals surface area contributed by atoms with E-state index in [0.717, 1.165) is 21.7 Å². The second-order valence-electron chi connectivity index (χ2n) is 5.38. The van der Waals surface area contributed by atoms with Crippen molar-refractivity contribution in [2.75, 3.05) is 0 Å². The minimum absolute atomic E-state index is 0.266. The first-order chi connectivity index (χ1) is 12.3. The van der Waals surface area contributed by atoms with Crippen LogP contribution in [0.4, 0.5) is 5.13 Å². The molecule has 0 bridgehead atoms. The van der Waals surface area contributed by atoms with Crippen LogP contribution in [-0.2, 0) is 0 Å². The van der Waals surface area contributed by atoms with Crippen LogP contribution in [0.15, 0.2) is 77.1 Å². The zero-order valence-corrected chi connectivity index (χ0v) is 14.8. The molecule has 1 N–H and O–H groups in total. The Labute approximate surface area is 153 Å². The molecule has 0 fully saturated rings. The second-order valence-corrected chi connectivity index (χ2v) is 7.24. The number of hydrogen-bond donors (Lipinski definition) is 1. The van der Waals surface area contributed by atoms with Gasteiger partial charge in [0.1, 0.15) is 0 Å². The summed E-state index contributed by atoms with van der Waals surface area (Å²) in [6, 6.07) is 22.0. The standard InChI is InChI=1S/C20H14N2OS2/c23-19-16(11-18(25-19)15-9-5-2-6-10-15)12-21-20-22-17(13-24-20)14-7-3-1-4-8-14/h1-13,23H. The number of hydrogen-bond acceptors (Lipinski definition) is 5. The Morgan fingerprint density at radius 1 is 0.920 bits per heavy atom. The third-order valence-electron chi connectivity index (χ3n) is 3.67. The van der Waals surface area contributed by atoms with E-state index in [9.17, 15) is 5.11 Å². The lowest BCUT2D eigenvalue weighted by atomic mass is 10.2. The second kappa shape index (κ2) is 7.01. The Morgan fingerprint density at radius 3 is 2.32 bits per heavy atom. The summed E-state index contributed by atoms with van der Waals surface area (Å²) in [4.78, 5) is 9.97. The van der Waals surface area contributed by atoms with Crippen molar-refractivity contribution in [1.29, 1.82) is 0 Å². The van der Waals surface area contributed by atoms with E-state index in [4.69, 9.17) is 0 Å². The van der Waals surface area contributed by atoms with Crippen molar-refractivity contribution < 1.29 is 5.11 Å². The maximum Gasteiger partial charge on any atom is 0.209 e. The normalized spacial score (nSPS) is 11.2. The molecule has 0 amide bonds. The summed E-state index contributed by atoms with van der Waals surface area (Å²) in [5.41, 5.74) is 3.78. The van der Waals surface area contributed by atoms with Crippen LogP contribution < -0.4 is 0 Å². The van der Waals surface area contributed by atoms with Gasteiger partial charge in [0, 0.05) is 27.6 Å². The molecule has 0 aliphatic heterocycles. The van der Waals surface area contributed by atoms with Crippen LogP contribution in [0.2, 0.25) is 0 Å². The van der Waals surface area contributed by atoms with Gasteiger partial charge >= 0.3 is 0 Å². The lowest BCUT2D eigenvalue weighted by Gasteiger charge is -1.93. The van der Waals surface area contributed by atoms with Gasteiger partial charge in [-0.05, 0) is 11.6 Å². The third-order valence-corrected chi connectivity index (χ3v) is 5.43. The molecule has 25 heavy (non-hydrogen) atoms. The molecule has 0 unspecified atom stereocenters. The Kier molecular flexibility index (Phi) is 4.41. The van der Waals surface area contributed by atoms with Crippen molar-refractivity contribution in [2.24, 2.45) is 4.99 Å². The van der Waals surface area contributed by atoms with E-state index in [1.54, 1.807) is 6.21 Å².